The number of hydrogen-bond donors (Lipinski definition) is 2. The lowest BCUT2D eigenvalue weighted by Gasteiger charge is -2.23. The SMILES string of the molecule is CCOc1ccc(N(CC(=O)NCc2ccc(OC)cc2)C(=O)CCC(=O)Nc2nccs2)cc1. The van der Waals surface area contributed by atoms with Crippen molar-refractivity contribution in [2.75, 3.05) is 30.5 Å². The van der Waals surface area contributed by atoms with E-state index in [0.717, 1.165) is 11.3 Å². The van der Waals surface area contributed by atoms with Crippen LogP contribution in [0.1, 0.15) is 25.3 Å². The molecule has 1 aromatic heterocycles. The number of rotatable bonds is 12. The van der Waals surface area contributed by atoms with Gasteiger partial charge in [-0.25, -0.2) is 4.98 Å². The van der Waals surface area contributed by atoms with Crippen molar-refractivity contribution in [2.24, 2.45) is 0 Å². The van der Waals surface area contributed by atoms with E-state index in [2.05, 4.69) is 15.6 Å². The summed E-state index contributed by atoms with van der Waals surface area (Å²) < 4.78 is 10.6. The summed E-state index contributed by atoms with van der Waals surface area (Å²) in [6.07, 6.45) is 1.50. The van der Waals surface area contributed by atoms with Crippen LogP contribution in [-0.4, -0.2) is 43.0 Å². The van der Waals surface area contributed by atoms with Gasteiger partial charge in [0.15, 0.2) is 5.13 Å². The Morgan fingerprint density at radius 2 is 1.69 bits per heavy atom. The van der Waals surface area contributed by atoms with Gasteiger partial charge in [-0.1, -0.05) is 12.1 Å². The molecule has 3 aromatic rings. The standard InChI is InChI=1S/C25H28N4O5S/c1-3-34-21-10-6-19(7-11-21)29(24(32)13-12-22(30)28-25-26-14-15-35-25)17-23(31)27-16-18-4-8-20(33-2)9-5-18/h4-11,14-15H,3,12-13,16-17H2,1-2H3,(H,27,31)(H,26,28,30). The van der Waals surface area contributed by atoms with E-state index in [4.69, 9.17) is 9.47 Å². The highest BCUT2D eigenvalue weighted by molar-refractivity contribution is 7.13. The van der Waals surface area contributed by atoms with E-state index in [1.807, 2.05) is 31.2 Å². The normalized spacial score (nSPS) is 10.3. The molecule has 0 unspecified atom stereocenters. The van der Waals surface area contributed by atoms with Gasteiger partial charge < -0.3 is 25.0 Å². The van der Waals surface area contributed by atoms with E-state index >= 15 is 0 Å². The molecule has 2 N–H and O–H groups in total. The summed E-state index contributed by atoms with van der Waals surface area (Å²) in [4.78, 5) is 43.3. The second kappa shape index (κ2) is 13.1. The van der Waals surface area contributed by atoms with Crippen LogP contribution in [0.15, 0.2) is 60.1 Å². The zero-order valence-corrected chi connectivity index (χ0v) is 20.5. The minimum Gasteiger partial charge on any atom is -0.497 e. The van der Waals surface area contributed by atoms with E-state index in [9.17, 15) is 14.4 Å². The minimum absolute atomic E-state index is 0.0284. The van der Waals surface area contributed by atoms with Crippen molar-refractivity contribution in [3.63, 3.8) is 0 Å². The monoisotopic (exact) mass is 496 g/mol. The van der Waals surface area contributed by atoms with E-state index in [1.54, 1.807) is 43.0 Å². The first-order valence-corrected chi connectivity index (χ1v) is 12.0. The molecule has 0 saturated carbocycles. The zero-order valence-electron chi connectivity index (χ0n) is 19.7. The summed E-state index contributed by atoms with van der Waals surface area (Å²) in [7, 11) is 1.59. The molecule has 9 nitrogen and oxygen atoms in total. The highest BCUT2D eigenvalue weighted by Crippen LogP contribution is 2.21. The molecule has 0 atom stereocenters. The average Bonchev–Trinajstić information content (AvgIpc) is 3.38. The number of ether oxygens (including phenoxy) is 2. The zero-order chi connectivity index (χ0) is 25.0. The largest absolute Gasteiger partial charge is 0.497 e. The van der Waals surface area contributed by atoms with Crippen LogP contribution < -0.4 is 25.0 Å². The summed E-state index contributed by atoms with van der Waals surface area (Å²) in [6.45, 7) is 2.53. The van der Waals surface area contributed by atoms with Crippen molar-refractivity contribution < 1.29 is 23.9 Å². The maximum atomic E-state index is 13.0. The molecule has 3 rings (SSSR count). The van der Waals surface area contributed by atoms with Gasteiger partial charge in [0.2, 0.25) is 17.7 Å². The molecule has 10 heteroatoms. The van der Waals surface area contributed by atoms with Gasteiger partial charge in [0.05, 0.1) is 13.7 Å². The number of nitrogens with zero attached hydrogens (tertiary/aromatic N) is 2. The highest BCUT2D eigenvalue weighted by Gasteiger charge is 2.20. The van der Waals surface area contributed by atoms with Crippen LogP contribution >= 0.6 is 11.3 Å². The second-order valence-corrected chi connectivity index (χ2v) is 8.31. The number of carbonyl (C=O) groups excluding carboxylic acids is 3. The van der Waals surface area contributed by atoms with Crippen LogP contribution in [0.25, 0.3) is 0 Å². The first-order chi connectivity index (χ1) is 17.0. The lowest BCUT2D eigenvalue weighted by atomic mass is 10.2. The Morgan fingerprint density at radius 3 is 2.31 bits per heavy atom. The number of benzene rings is 2. The van der Waals surface area contributed by atoms with Crippen LogP contribution in [0.4, 0.5) is 10.8 Å². The molecular weight excluding hydrogens is 468 g/mol. The third-order valence-corrected chi connectivity index (χ3v) is 5.64. The van der Waals surface area contributed by atoms with Gasteiger partial charge in [-0.2, -0.15) is 0 Å². The Balaban J connectivity index is 1.63. The number of thiazole rings is 1. The minimum atomic E-state index is -0.344. The van der Waals surface area contributed by atoms with Gasteiger partial charge in [-0.05, 0) is 48.9 Å². The number of carbonyl (C=O) groups is 3. The average molecular weight is 497 g/mol. The van der Waals surface area contributed by atoms with Crippen LogP contribution in [0.5, 0.6) is 11.5 Å². The lowest BCUT2D eigenvalue weighted by molar-refractivity contribution is -0.125. The van der Waals surface area contributed by atoms with Gasteiger partial charge >= 0.3 is 0 Å². The fourth-order valence-corrected chi connectivity index (χ4v) is 3.72. The quantitative estimate of drug-likeness (QED) is 0.396. The molecule has 3 amide bonds. The number of amides is 3. The third-order valence-electron chi connectivity index (χ3n) is 4.96. The highest BCUT2D eigenvalue weighted by atomic mass is 32.1. The molecule has 0 saturated heterocycles. The van der Waals surface area contributed by atoms with E-state index < -0.39 is 0 Å². The molecule has 2 aromatic carbocycles. The molecule has 0 aliphatic carbocycles. The smallest absolute Gasteiger partial charge is 0.240 e. The van der Waals surface area contributed by atoms with Gasteiger partial charge in [0, 0.05) is 36.7 Å². The molecule has 0 spiro atoms. The summed E-state index contributed by atoms with van der Waals surface area (Å²) in [5.74, 6) is 0.406. The molecule has 0 fully saturated rings. The van der Waals surface area contributed by atoms with Crippen molar-refractivity contribution in [3.05, 3.63) is 65.7 Å². The van der Waals surface area contributed by atoms with E-state index in [-0.39, 0.29) is 37.1 Å². The number of nitrogens with one attached hydrogen (secondary N) is 2. The van der Waals surface area contributed by atoms with Gasteiger partial charge in [-0.3, -0.25) is 14.4 Å². The first kappa shape index (κ1) is 25.7. The van der Waals surface area contributed by atoms with Crippen molar-refractivity contribution in [3.8, 4) is 11.5 Å². The van der Waals surface area contributed by atoms with Crippen molar-refractivity contribution in [1.29, 1.82) is 0 Å². The molecular formula is C25H28N4O5S. The van der Waals surface area contributed by atoms with Crippen molar-refractivity contribution in [1.82, 2.24) is 10.3 Å². The number of methoxy groups -OCH3 is 1. The molecule has 35 heavy (non-hydrogen) atoms. The fourth-order valence-electron chi connectivity index (χ4n) is 3.18. The predicted octanol–water partition coefficient (Wildman–Crippen LogP) is 3.62. The Morgan fingerprint density at radius 1 is 0.971 bits per heavy atom. The molecule has 0 aliphatic heterocycles. The van der Waals surface area contributed by atoms with Crippen LogP contribution in [0, 0.1) is 0 Å². The van der Waals surface area contributed by atoms with Gasteiger partial charge in [0.1, 0.15) is 18.0 Å². The topological polar surface area (TPSA) is 110 Å². The number of aromatic nitrogens is 1. The van der Waals surface area contributed by atoms with Crippen LogP contribution in [0.3, 0.4) is 0 Å². The molecule has 184 valence electrons. The maximum Gasteiger partial charge on any atom is 0.240 e. The number of hydrogen-bond acceptors (Lipinski definition) is 7. The summed E-state index contributed by atoms with van der Waals surface area (Å²) >= 11 is 1.30. The van der Waals surface area contributed by atoms with E-state index in [0.29, 0.717) is 29.7 Å². The summed E-state index contributed by atoms with van der Waals surface area (Å²) in [5.41, 5.74) is 1.44. The Hall–Kier alpha value is -3.92. The van der Waals surface area contributed by atoms with Gasteiger partial charge in [0.25, 0.3) is 0 Å². The molecule has 0 bridgehead atoms. The maximum absolute atomic E-state index is 13.0. The van der Waals surface area contributed by atoms with Crippen LogP contribution in [-0.2, 0) is 20.9 Å². The Kier molecular flexibility index (Phi) is 9.61. The van der Waals surface area contributed by atoms with Gasteiger partial charge in [-0.15, -0.1) is 11.3 Å². The van der Waals surface area contributed by atoms with Crippen molar-refractivity contribution in [2.45, 2.75) is 26.3 Å². The molecule has 0 aliphatic rings. The van der Waals surface area contributed by atoms with Crippen LogP contribution in [0.2, 0.25) is 0 Å². The summed E-state index contributed by atoms with van der Waals surface area (Å²) in [5, 5.41) is 7.72. The third kappa shape index (κ3) is 8.11. The second-order valence-electron chi connectivity index (χ2n) is 7.42. The molecule has 1 heterocycles. The fraction of sp³-hybridized carbons (Fsp3) is 0.280. The molecule has 0 radical (unpaired) electrons. The first-order valence-electron chi connectivity index (χ1n) is 11.1. The summed E-state index contributed by atoms with van der Waals surface area (Å²) in [6, 6.07) is 14.3. The number of anilines is 2. The van der Waals surface area contributed by atoms with E-state index in [1.165, 1.54) is 16.2 Å². The lowest BCUT2D eigenvalue weighted by Crippen LogP contribution is -2.41. The van der Waals surface area contributed by atoms with Crippen molar-refractivity contribution >= 4 is 39.9 Å². The predicted molar refractivity (Wildman–Crippen MR) is 135 cm³/mol. The Labute approximate surface area is 208 Å². The Bertz CT molecular complexity index is 1100.